The molecule has 1 aromatic heterocycles. The fourth-order valence-electron chi connectivity index (χ4n) is 2.46. The first-order chi connectivity index (χ1) is 10.1. The molecule has 0 aliphatic heterocycles. The van der Waals surface area contributed by atoms with Crippen LogP contribution in [-0.2, 0) is 12.1 Å². The molecule has 1 heterocycles. The van der Waals surface area contributed by atoms with Crippen LogP contribution in [0.5, 0.6) is 5.75 Å². The Kier molecular flexibility index (Phi) is 5.55. The first-order valence-corrected chi connectivity index (χ1v) is 7.52. The highest BCUT2D eigenvalue weighted by molar-refractivity contribution is 6.42. The van der Waals surface area contributed by atoms with Gasteiger partial charge in [-0.1, -0.05) is 41.2 Å². The number of benzene rings is 1. The molecule has 2 aromatic rings. The number of ether oxygens (including phenoxy) is 1. The summed E-state index contributed by atoms with van der Waals surface area (Å²) in [6, 6.07) is 5.04. The normalized spacial score (nSPS) is 16.3. The SMILES string of the molecule is Cl.NC1(c2noc(COc3ccc(Cl)c(Cl)c3)n2)CCCC1. The topological polar surface area (TPSA) is 74.2 Å². The van der Waals surface area contributed by atoms with E-state index in [4.69, 9.17) is 38.2 Å². The summed E-state index contributed by atoms with van der Waals surface area (Å²) in [7, 11) is 0. The van der Waals surface area contributed by atoms with E-state index in [1.54, 1.807) is 18.2 Å². The number of rotatable bonds is 4. The van der Waals surface area contributed by atoms with Gasteiger partial charge in [-0.25, -0.2) is 0 Å². The number of aromatic nitrogens is 2. The van der Waals surface area contributed by atoms with Crippen molar-refractivity contribution in [2.45, 2.75) is 37.8 Å². The van der Waals surface area contributed by atoms with Gasteiger partial charge in [-0.15, -0.1) is 12.4 Å². The van der Waals surface area contributed by atoms with Crippen LogP contribution in [0.15, 0.2) is 22.7 Å². The monoisotopic (exact) mass is 363 g/mol. The Morgan fingerprint density at radius 1 is 1.23 bits per heavy atom. The van der Waals surface area contributed by atoms with E-state index in [0.29, 0.717) is 27.5 Å². The first-order valence-electron chi connectivity index (χ1n) is 6.77. The van der Waals surface area contributed by atoms with Crippen molar-refractivity contribution in [3.05, 3.63) is 40.0 Å². The maximum atomic E-state index is 6.28. The summed E-state index contributed by atoms with van der Waals surface area (Å²) in [5, 5.41) is 4.89. The highest BCUT2D eigenvalue weighted by Crippen LogP contribution is 2.34. The number of nitrogens with two attached hydrogens (primary N) is 1. The zero-order valence-electron chi connectivity index (χ0n) is 11.7. The van der Waals surface area contributed by atoms with Crippen LogP contribution in [0, 0.1) is 0 Å². The Balaban J connectivity index is 0.00000176. The van der Waals surface area contributed by atoms with Crippen molar-refractivity contribution in [1.29, 1.82) is 0 Å². The molecule has 8 heteroatoms. The lowest BCUT2D eigenvalue weighted by atomic mass is 9.99. The molecular formula is C14H16Cl3N3O2. The second-order valence-corrected chi connectivity index (χ2v) is 6.05. The van der Waals surface area contributed by atoms with Gasteiger partial charge < -0.3 is 15.0 Å². The molecule has 0 amide bonds. The Morgan fingerprint density at radius 2 is 1.95 bits per heavy atom. The zero-order valence-corrected chi connectivity index (χ0v) is 14.0. The molecule has 1 saturated carbocycles. The van der Waals surface area contributed by atoms with Crippen molar-refractivity contribution >= 4 is 35.6 Å². The van der Waals surface area contributed by atoms with Gasteiger partial charge in [0.2, 0.25) is 0 Å². The maximum absolute atomic E-state index is 6.28. The van der Waals surface area contributed by atoms with Gasteiger partial charge in [-0.05, 0) is 25.0 Å². The average molecular weight is 365 g/mol. The fraction of sp³-hybridized carbons (Fsp3) is 0.429. The largest absolute Gasteiger partial charge is 0.484 e. The van der Waals surface area contributed by atoms with E-state index >= 15 is 0 Å². The number of halogens is 3. The molecule has 2 N–H and O–H groups in total. The second-order valence-electron chi connectivity index (χ2n) is 5.24. The smallest absolute Gasteiger partial charge is 0.264 e. The van der Waals surface area contributed by atoms with Crippen LogP contribution < -0.4 is 10.5 Å². The third-order valence-corrected chi connectivity index (χ3v) is 4.40. The van der Waals surface area contributed by atoms with Gasteiger partial charge in [-0.3, -0.25) is 0 Å². The summed E-state index contributed by atoms with van der Waals surface area (Å²) in [6.07, 6.45) is 3.97. The Hall–Kier alpha value is -1.01. The number of hydrogen-bond donors (Lipinski definition) is 1. The van der Waals surface area contributed by atoms with E-state index < -0.39 is 5.54 Å². The van der Waals surface area contributed by atoms with E-state index in [-0.39, 0.29) is 19.0 Å². The van der Waals surface area contributed by atoms with E-state index in [0.717, 1.165) is 25.7 Å². The van der Waals surface area contributed by atoms with Crippen LogP contribution >= 0.6 is 35.6 Å². The predicted octanol–water partition coefficient (Wildman–Crippen LogP) is 4.11. The molecule has 0 saturated heterocycles. The predicted molar refractivity (Wildman–Crippen MR) is 86.7 cm³/mol. The molecule has 0 bridgehead atoms. The summed E-state index contributed by atoms with van der Waals surface area (Å²) >= 11 is 11.8. The highest BCUT2D eigenvalue weighted by Gasteiger charge is 2.35. The number of hydrogen-bond acceptors (Lipinski definition) is 5. The van der Waals surface area contributed by atoms with Crippen LogP contribution in [0.25, 0.3) is 0 Å². The van der Waals surface area contributed by atoms with Crippen molar-refractivity contribution < 1.29 is 9.26 Å². The van der Waals surface area contributed by atoms with Gasteiger partial charge in [0.05, 0.1) is 15.6 Å². The average Bonchev–Trinajstić information content (AvgIpc) is 3.10. The minimum absolute atomic E-state index is 0. The first kappa shape index (κ1) is 17.3. The van der Waals surface area contributed by atoms with E-state index in [2.05, 4.69) is 10.1 Å². The zero-order chi connectivity index (χ0) is 14.9. The quantitative estimate of drug-likeness (QED) is 0.884. The molecule has 0 unspecified atom stereocenters. The molecular weight excluding hydrogens is 349 g/mol. The van der Waals surface area contributed by atoms with Gasteiger partial charge in [0.25, 0.3) is 5.89 Å². The van der Waals surface area contributed by atoms with Crippen LogP contribution in [-0.4, -0.2) is 10.1 Å². The summed E-state index contributed by atoms with van der Waals surface area (Å²) in [6.45, 7) is 0.168. The minimum atomic E-state index is -0.453. The molecule has 3 rings (SSSR count). The van der Waals surface area contributed by atoms with Gasteiger partial charge in [0, 0.05) is 6.07 Å². The molecule has 5 nitrogen and oxygen atoms in total. The van der Waals surface area contributed by atoms with E-state index in [9.17, 15) is 0 Å². The van der Waals surface area contributed by atoms with E-state index in [1.165, 1.54) is 0 Å². The summed E-state index contributed by atoms with van der Waals surface area (Å²) in [4.78, 5) is 4.33. The van der Waals surface area contributed by atoms with Crippen molar-refractivity contribution in [3.8, 4) is 5.75 Å². The Morgan fingerprint density at radius 3 is 2.64 bits per heavy atom. The van der Waals surface area contributed by atoms with Gasteiger partial charge >= 0.3 is 0 Å². The van der Waals surface area contributed by atoms with Crippen molar-refractivity contribution in [3.63, 3.8) is 0 Å². The lowest BCUT2D eigenvalue weighted by molar-refractivity contribution is 0.241. The number of nitrogens with zero attached hydrogens (tertiary/aromatic N) is 2. The Bertz CT molecular complexity index is 642. The summed E-state index contributed by atoms with van der Waals surface area (Å²) in [5.41, 5.74) is 5.83. The van der Waals surface area contributed by atoms with Crippen molar-refractivity contribution in [2.75, 3.05) is 0 Å². The minimum Gasteiger partial charge on any atom is -0.484 e. The Labute approximate surface area is 144 Å². The molecule has 120 valence electrons. The molecule has 1 fully saturated rings. The lowest BCUT2D eigenvalue weighted by Gasteiger charge is -2.17. The molecule has 1 aliphatic carbocycles. The van der Waals surface area contributed by atoms with Crippen LogP contribution in [0.4, 0.5) is 0 Å². The third-order valence-electron chi connectivity index (χ3n) is 3.66. The molecule has 1 aromatic carbocycles. The van der Waals surface area contributed by atoms with Crippen LogP contribution in [0.1, 0.15) is 37.4 Å². The van der Waals surface area contributed by atoms with Gasteiger partial charge in [0.1, 0.15) is 5.75 Å². The molecule has 0 radical (unpaired) electrons. The van der Waals surface area contributed by atoms with Crippen molar-refractivity contribution in [1.82, 2.24) is 10.1 Å². The molecule has 1 aliphatic rings. The van der Waals surface area contributed by atoms with E-state index in [1.807, 2.05) is 0 Å². The van der Waals surface area contributed by atoms with Crippen LogP contribution in [0.2, 0.25) is 10.0 Å². The van der Waals surface area contributed by atoms with Gasteiger partial charge in [0.15, 0.2) is 12.4 Å². The molecule has 0 atom stereocenters. The second kappa shape index (κ2) is 7.04. The van der Waals surface area contributed by atoms with Crippen LogP contribution in [0.3, 0.4) is 0 Å². The molecule has 22 heavy (non-hydrogen) atoms. The van der Waals surface area contributed by atoms with Gasteiger partial charge in [-0.2, -0.15) is 4.98 Å². The molecule has 0 spiro atoms. The fourth-order valence-corrected chi connectivity index (χ4v) is 2.75. The summed E-state index contributed by atoms with van der Waals surface area (Å²) < 4.78 is 10.7. The van der Waals surface area contributed by atoms with Crippen molar-refractivity contribution in [2.24, 2.45) is 5.73 Å². The highest BCUT2D eigenvalue weighted by atomic mass is 35.5. The third kappa shape index (κ3) is 3.66. The standard InChI is InChI=1S/C14H15Cl2N3O2.ClH/c15-10-4-3-9(7-11(10)16)20-8-12-18-13(19-21-12)14(17)5-1-2-6-14;/h3-4,7H,1-2,5-6,8,17H2;1H. The summed E-state index contributed by atoms with van der Waals surface area (Å²) in [5.74, 6) is 1.55. The maximum Gasteiger partial charge on any atom is 0.264 e. The lowest BCUT2D eigenvalue weighted by Crippen LogP contribution is -2.34.